The van der Waals surface area contributed by atoms with Crippen molar-refractivity contribution in [3.63, 3.8) is 0 Å². The average Bonchev–Trinajstić information content (AvgIpc) is 2.90. The molecule has 3 rings (SSSR count). The van der Waals surface area contributed by atoms with Crippen molar-refractivity contribution >= 4 is 17.3 Å². The Balaban J connectivity index is 1.91. The molecule has 0 bridgehead atoms. The van der Waals surface area contributed by atoms with Crippen LogP contribution in [0.5, 0.6) is 0 Å². The van der Waals surface area contributed by atoms with E-state index in [9.17, 15) is 20.0 Å². The normalized spacial score (nSPS) is 18.5. The summed E-state index contributed by atoms with van der Waals surface area (Å²) in [5, 5.41) is 27.6. The van der Waals surface area contributed by atoms with Crippen molar-refractivity contribution in [2.45, 2.75) is 38.5 Å². The molecule has 0 saturated heterocycles. The van der Waals surface area contributed by atoms with E-state index in [4.69, 9.17) is 0 Å². The molecule has 136 valence electrons. The molecule has 0 aromatic heterocycles. The molecule has 0 radical (unpaired) electrons. The molecule has 0 fully saturated rings. The average molecular weight is 355 g/mol. The molecule has 1 amide bonds. The Morgan fingerprint density at radius 2 is 2.00 bits per heavy atom. The lowest BCUT2D eigenvalue weighted by molar-refractivity contribution is -0.384. The molecule has 1 aliphatic rings. The lowest BCUT2D eigenvalue weighted by Crippen LogP contribution is -2.30. The summed E-state index contributed by atoms with van der Waals surface area (Å²) in [4.78, 5) is 23.1. The first-order chi connectivity index (χ1) is 12.4. The van der Waals surface area contributed by atoms with E-state index < -0.39 is 17.1 Å². The number of fused-ring (bicyclic) bond motifs is 1. The maximum atomic E-state index is 12.1. The number of aliphatic hydroxyl groups excluding tert-OH is 1. The lowest BCUT2D eigenvalue weighted by atomic mass is 10.1. The van der Waals surface area contributed by atoms with Crippen LogP contribution in [0.15, 0.2) is 42.5 Å². The fraction of sp³-hybridized carbons (Fsp3) is 0.316. The van der Waals surface area contributed by atoms with Crippen LogP contribution < -0.4 is 10.6 Å². The van der Waals surface area contributed by atoms with Crippen molar-refractivity contribution in [2.75, 3.05) is 5.32 Å². The molecule has 2 aromatic rings. The number of hydrogen-bond donors (Lipinski definition) is 3. The second-order valence-electron chi connectivity index (χ2n) is 6.71. The van der Waals surface area contributed by atoms with Crippen LogP contribution in [0.1, 0.15) is 41.4 Å². The molecule has 0 spiro atoms. The number of benzene rings is 2. The molecule has 2 aromatic carbocycles. The molecular weight excluding hydrogens is 334 g/mol. The first-order valence-corrected chi connectivity index (χ1v) is 8.48. The standard InChI is InChI=1S/C19H21N3O4/c1-11(2)20-19(24)13-7-8-15(16(9-13)22(25)26)21-18-14-6-4-3-5-12(14)10-17(18)23/h3-9,11,17-18,21,23H,10H2,1-2H3,(H,20,24)/t17-,18+/m1/s1. The first kappa shape index (κ1) is 17.9. The number of rotatable bonds is 5. The van der Waals surface area contributed by atoms with Crippen LogP contribution in [0.2, 0.25) is 0 Å². The molecule has 7 heteroatoms. The third-order valence-corrected chi connectivity index (χ3v) is 4.39. The smallest absolute Gasteiger partial charge is 0.293 e. The van der Waals surface area contributed by atoms with Crippen LogP contribution in [-0.2, 0) is 6.42 Å². The second-order valence-corrected chi connectivity index (χ2v) is 6.71. The molecule has 1 aliphatic carbocycles. The Kier molecular flexibility index (Phi) is 4.90. The Labute approximate surface area is 151 Å². The fourth-order valence-corrected chi connectivity index (χ4v) is 3.21. The number of anilines is 1. The first-order valence-electron chi connectivity index (χ1n) is 8.48. The molecular formula is C19H21N3O4. The van der Waals surface area contributed by atoms with E-state index in [1.54, 1.807) is 6.07 Å². The number of carbonyl (C=O) groups is 1. The van der Waals surface area contributed by atoms with Gasteiger partial charge in [-0.05, 0) is 37.1 Å². The zero-order valence-electron chi connectivity index (χ0n) is 14.6. The number of hydrogen-bond acceptors (Lipinski definition) is 5. The van der Waals surface area contributed by atoms with Gasteiger partial charge in [0.25, 0.3) is 11.6 Å². The van der Waals surface area contributed by atoms with Crippen LogP contribution in [0.25, 0.3) is 0 Å². The van der Waals surface area contributed by atoms with Gasteiger partial charge in [0.15, 0.2) is 0 Å². The minimum atomic E-state index is -0.670. The summed E-state index contributed by atoms with van der Waals surface area (Å²) in [6.07, 6.45) is -0.174. The zero-order valence-corrected chi connectivity index (χ0v) is 14.6. The van der Waals surface area contributed by atoms with E-state index in [2.05, 4.69) is 10.6 Å². The number of aliphatic hydroxyl groups is 1. The summed E-state index contributed by atoms with van der Waals surface area (Å²) < 4.78 is 0. The number of nitro groups is 1. The molecule has 2 atom stereocenters. The van der Waals surface area contributed by atoms with Gasteiger partial charge >= 0.3 is 0 Å². The molecule has 0 saturated carbocycles. The van der Waals surface area contributed by atoms with Gasteiger partial charge in [0.2, 0.25) is 0 Å². The number of nitrogens with one attached hydrogen (secondary N) is 2. The summed E-state index contributed by atoms with van der Waals surface area (Å²) in [6, 6.07) is 11.4. The fourth-order valence-electron chi connectivity index (χ4n) is 3.21. The van der Waals surface area contributed by atoms with E-state index in [1.807, 2.05) is 38.1 Å². The SMILES string of the molecule is CC(C)NC(=O)c1ccc(N[C@H]2c3ccccc3C[C@H]2O)c([N+](=O)[O-])c1. The van der Waals surface area contributed by atoms with Crippen molar-refractivity contribution < 1.29 is 14.8 Å². The molecule has 26 heavy (non-hydrogen) atoms. The highest BCUT2D eigenvalue weighted by molar-refractivity contribution is 5.95. The summed E-state index contributed by atoms with van der Waals surface area (Å²) in [5.74, 6) is -0.360. The van der Waals surface area contributed by atoms with Gasteiger partial charge in [-0.25, -0.2) is 0 Å². The Hall–Kier alpha value is -2.93. The largest absolute Gasteiger partial charge is 0.390 e. The molecule has 0 unspecified atom stereocenters. The zero-order chi connectivity index (χ0) is 18.8. The van der Waals surface area contributed by atoms with Gasteiger partial charge in [0, 0.05) is 24.1 Å². The third kappa shape index (κ3) is 3.52. The maximum absolute atomic E-state index is 12.1. The van der Waals surface area contributed by atoms with Crippen molar-refractivity contribution in [2.24, 2.45) is 0 Å². The number of amides is 1. The molecule has 0 aliphatic heterocycles. The van der Waals surface area contributed by atoms with Crippen LogP contribution in [0.3, 0.4) is 0 Å². The van der Waals surface area contributed by atoms with Gasteiger partial charge in [-0.1, -0.05) is 24.3 Å². The summed E-state index contributed by atoms with van der Waals surface area (Å²) in [6.45, 7) is 3.64. The highest BCUT2D eigenvalue weighted by Crippen LogP contribution is 2.36. The van der Waals surface area contributed by atoms with Gasteiger partial charge in [-0.15, -0.1) is 0 Å². The van der Waals surface area contributed by atoms with Crippen molar-refractivity contribution in [3.05, 3.63) is 69.3 Å². The Bertz CT molecular complexity index is 850. The quantitative estimate of drug-likeness (QED) is 0.565. The van der Waals surface area contributed by atoms with Crippen molar-refractivity contribution in [3.8, 4) is 0 Å². The van der Waals surface area contributed by atoms with Gasteiger partial charge in [0.05, 0.1) is 17.1 Å². The number of nitrogens with zero attached hydrogens (tertiary/aromatic N) is 1. The lowest BCUT2D eigenvalue weighted by Gasteiger charge is -2.19. The van der Waals surface area contributed by atoms with Crippen molar-refractivity contribution in [1.29, 1.82) is 0 Å². The van der Waals surface area contributed by atoms with Gasteiger partial charge in [-0.3, -0.25) is 14.9 Å². The van der Waals surface area contributed by atoms with Crippen LogP contribution >= 0.6 is 0 Å². The minimum Gasteiger partial charge on any atom is -0.390 e. The Morgan fingerprint density at radius 3 is 2.69 bits per heavy atom. The highest BCUT2D eigenvalue weighted by atomic mass is 16.6. The predicted octanol–water partition coefficient (Wildman–Crippen LogP) is 2.80. The number of carbonyl (C=O) groups excluding carboxylic acids is 1. The van der Waals surface area contributed by atoms with Gasteiger partial charge < -0.3 is 15.7 Å². The van der Waals surface area contributed by atoms with E-state index in [0.29, 0.717) is 6.42 Å². The molecule has 3 N–H and O–H groups in total. The molecule has 0 heterocycles. The van der Waals surface area contributed by atoms with Crippen LogP contribution in [-0.4, -0.2) is 28.1 Å². The van der Waals surface area contributed by atoms with E-state index in [0.717, 1.165) is 11.1 Å². The van der Waals surface area contributed by atoms with E-state index in [1.165, 1.54) is 12.1 Å². The minimum absolute atomic E-state index is 0.0653. The van der Waals surface area contributed by atoms with E-state index in [-0.39, 0.29) is 28.9 Å². The highest BCUT2D eigenvalue weighted by Gasteiger charge is 2.32. The van der Waals surface area contributed by atoms with Gasteiger partial charge in [-0.2, -0.15) is 0 Å². The topological polar surface area (TPSA) is 104 Å². The van der Waals surface area contributed by atoms with E-state index >= 15 is 0 Å². The number of nitro benzene ring substituents is 1. The van der Waals surface area contributed by atoms with Crippen LogP contribution in [0.4, 0.5) is 11.4 Å². The third-order valence-electron chi connectivity index (χ3n) is 4.39. The second kappa shape index (κ2) is 7.13. The monoisotopic (exact) mass is 355 g/mol. The van der Waals surface area contributed by atoms with Gasteiger partial charge in [0.1, 0.15) is 5.69 Å². The molecule has 7 nitrogen and oxygen atoms in total. The maximum Gasteiger partial charge on any atom is 0.293 e. The Morgan fingerprint density at radius 1 is 1.27 bits per heavy atom. The summed E-state index contributed by atoms with van der Waals surface area (Å²) in [5.41, 5.74) is 2.25. The van der Waals surface area contributed by atoms with Crippen LogP contribution in [0, 0.1) is 10.1 Å². The summed E-state index contributed by atoms with van der Waals surface area (Å²) >= 11 is 0. The predicted molar refractivity (Wildman–Crippen MR) is 98.2 cm³/mol. The summed E-state index contributed by atoms with van der Waals surface area (Å²) in [7, 11) is 0. The van der Waals surface area contributed by atoms with Crippen molar-refractivity contribution in [1.82, 2.24) is 5.32 Å².